The third kappa shape index (κ3) is 2.55. The summed E-state index contributed by atoms with van der Waals surface area (Å²) in [5.74, 6) is -2.33. The van der Waals surface area contributed by atoms with E-state index < -0.39 is 57.7 Å². The second kappa shape index (κ2) is 7.27. The maximum absolute atomic E-state index is 14.4. The number of ketones is 1. The molecule has 4 saturated heterocycles. The van der Waals surface area contributed by atoms with E-state index in [2.05, 4.69) is 6.92 Å². The molecule has 5 heterocycles. The number of hydrogen-bond donors (Lipinski definition) is 2. The van der Waals surface area contributed by atoms with Crippen molar-refractivity contribution in [3.8, 4) is 0 Å². The number of rotatable bonds is 1. The first-order valence-electron chi connectivity index (χ1n) is 14.8. The minimum absolute atomic E-state index is 0.00463. The SMILES string of the molecule is C[C@H]1C[C@@H]2O[C@]34C[C@@]5(C)[C@@H](C[C@@H]6O[C@]67[C@@H]5[C@H](O)C(=O)[C@]5(C)[C@@H](c6ccc(=O)oc6)CC[C@]75O)C[C@H]3O[C@H](O1)[C@H]2O4. The van der Waals surface area contributed by atoms with Crippen LogP contribution in [0.15, 0.2) is 27.6 Å². The Bertz CT molecular complexity index is 1360. The molecule has 216 valence electrons. The molecule has 4 aliphatic carbocycles. The molecule has 0 aromatic carbocycles. The van der Waals surface area contributed by atoms with Crippen LogP contribution in [0, 0.1) is 22.7 Å². The monoisotopic (exact) mass is 556 g/mol. The van der Waals surface area contributed by atoms with Gasteiger partial charge in [-0.05, 0) is 62.5 Å². The highest BCUT2D eigenvalue weighted by molar-refractivity contribution is 5.94. The number of fused-ring (bicyclic) bond motifs is 3. The molecule has 40 heavy (non-hydrogen) atoms. The fraction of sp³-hybridized carbons (Fsp3) is 0.800. The summed E-state index contributed by atoms with van der Waals surface area (Å²) in [4.78, 5) is 26.0. The van der Waals surface area contributed by atoms with Crippen molar-refractivity contribution >= 4 is 5.78 Å². The van der Waals surface area contributed by atoms with Gasteiger partial charge in [-0.15, -0.1) is 0 Å². The summed E-state index contributed by atoms with van der Waals surface area (Å²) in [5.41, 5.74) is -4.26. The van der Waals surface area contributed by atoms with Crippen molar-refractivity contribution in [3.63, 3.8) is 0 Å². The average Bonchev–Trinajstić information content (AvgIpc) is 3.42. The van der Waals surface area contributed by atoms with E-state index in [-0.39, 0.29) is 42.2 Å². The van der Waals surface area contributed by atoms with Crippen LogP contribution in [-0.4, -0.2) is 75.9 Å². The van der Waals surface area contributed by atoms with Crippen LogP contribution in [0.2, 0.25) is 0 Å². The smallest absolute Gasteiger partial charge is 0.335 e. The van der Waals surface area contributed by atoms with Gasteiger partial charge in [0.2, 0.25) is 0 Å². The third-order valence-corrected chi connectivity index (χ3v) is 12.7. The summed E-state index contributed by atoms with van der Waals surface area (Å²) in [5, 5.41) is 24.7. The van der Waals surface area contributed by atoms with E-state index in [1.54, 1.807) is 13.0 Å². The van der Waals surface area contributed by atoms with Gasteiger partial charge in [0, 0.05) is 30.7 Å². The lowest BCUT2D eigenvalue weighted by Gasteiger charge is -2.64. The van der Waals surface area contributed by atoms with E-state index >= 15 is 0 Å². The van der Waals surface area contributed by atoms with Crippen molar-refractivity contribution in [2.24, 2.45) is 22.7 Å². The Labute approximate surface area is 231 Å². The first-order chi connectivity index (χ1) is 19.0. The van der Waals surface area contributed by atoms with E-state index in [4.69, 9.17) is 28.1 Å². The van der Waals surface area contributed by atoms with Gasteiger partial charge in [0.1, 0.15) is 29.5 Å². The lowest BCUT2D eigenvalue weighted by atomic mass is 9.41. The average molecular weight is 557 g/mol. The Hall–Kier alpha value is -1.66. The lowest BCUT2D eigenvalue weighted by Crippen LogP contribution is -2.76. The number of ether oxygens (including phenoxy) is 5. The Morgan fingerprint density at radius 1 is 1.00 bits per heavy atom. The quantitative estimate of drug-likeness (QED) is 0.389. The molecule has 2 bridgehead atoms. The number of carbonyl (C=O) groups excluding carboxylic acids is 1. The second-order valence-corrected chi connectivity index (χ2v) is 14.3. The molecule has 4 aliphatic heterocycles. The van der Waals surface area contributed by atoms with Gasteiger partial charge in [-0.1, -0.05) is 6.92 Å². The molecule has 4 saturated carbocycles. The van der Waals surface area contributed by atoms with Crippen LogP contribution in [0.3, 0.4) is 0 Å². The molecule has 0 radical (unpaired) electrons. The molecule has 1 aromatic heterocycles. The summed E-state index contributed by atoms with van der Waals surface area (Å²) in [6.07, 6.45) is 1.92. The van der Waals surface area contributed by atoms with Gasteiger partial charge in [-0.2, -0.15) is 0 Å². The maximum atomic E-state index is 14.4. The summed E-state index contributed by atoms with van der Waals surface area (Å²) in [6.45, 7) is 5.90. The number of carbonyl (C=O) groups is 1. The van der Waals surface area contributed by atoms with Gasteiger partial charge in [-0.3, -0.25) is 4.79 Å². The predicted molar refractivity (Wildman–Crippen MR) is 134 cm³/mol. The van der Waals surface area contributed by atoms with Crippen LogP contribution in [-0.2, 0) is 28.5 Å². The fourth-order valence-electron chi connectivity index (χ4n) is 11.0. The molecule has 15 atom stereocenters. The van der Waals surface area contributed by atoms with Crippen LogP contribution in [0.4, 0.5) is 0 Å². The van der Waals surface area contributed by atoms with E-state index in [0.29, 0.717) is 37.7 Å². The summed E-state index contributed by atoms with van der Waals surface area (Å²) in [7, 11) is 0. The molecule has 2 N–H and O–H groups in total. The highest BCUT2D eigenvalue weighted by Gasteiger charge is 2.89. The molecule has 10 heteroatoms. The number of aliphatic hydroxyl groups excluding tert-OH is 1. The number of Topliss-reactive ketones (excluding diaryl/α,β-unsaturated/α-hetero) is 1. The molecule has 10 nitrogen and oxygen atoms in total. The van der Waals surface area contributed by atoms with Crippen molar-refractivity contribution in [1.29, 1.82) is 0 Å². The third-order valence-electron chi connectivity index (χ3n) is 12.7. The van der Waals surface area contributed by atoms with E-state index in [1.165, 1.54) is 12.3 Å². The summed E-state index contributed by atoms with van der Waals surface area (Å²) < 4.78 is 37.6. The Balaban J connectivity index is 1.13. The Morgan fingerprint density at radius 3 is 2.58 bits per heavy atom. The molecule has 1 aromatic rings. The fourth-order valence-corrected chi connectivity index (χ4v) is 11.0. The molecule has 9 rings (SSSR count). The van der Waals surface area contributed by atoms with Gasteiger partial charge in [-0.25, -0.2) is 4.79 Å². The topological polar surface area (TPSA) is 137 Å². The Kier molecular flexibility index (Phi) is 4.53. The zero-order valence-corrected chi connectivity index (χ0v) is 22.9. The van der Waals surface area contributed by atoms with Crippen LogP contribution in [0.5, 0.6) is 0 Å². The molecule has 8 aliphatic rings. The number of hydrogen-bond acceptors (Lipinski definition) is 10. The summed E-state index contributed by atoms with van der Waals surface area (Å²) >= 11 is 0. The normalized spacial score (nSPS) is 60.7. The molecular weight excluding hydrogens is 520 g/mol. The van der Waals surface area contributed by atoms with Gasteiger partial charge in [0.05, 0.1) is 30.0 Å². The highest BCUT2D eigenvalue weighted by atomic mass is 16.8. The minimum atomic E-state index is -1.49. The predicted octanol–water partition coefficient (Wildman–Crippen LogP) is 1.79. The van der Waals surface area contributed by atoms with Gasteiger partial charge < -0.3 is 38.3 Å². The van der Waals surface area contributed by atoms with E-state index in [9.17, 15) is 19.8 Å². The van der Waals surface area contributed by atoms with Crippen molar-refractivity contribution in [1.82, 2.24) is 0 Å². The summed E-state index contributed by atoms with van der Waals surface area (Å²) in [6, 6.07) is 3.00. The molecule has 2 spiro atoms. The van der Waals surface area contributed by atoms with Crippen LogP contribution in [0.1, 0.15) is 70.8 Å². The van der Waals surface area contributed by atoms with Gasteiger partial charge in [0.25, 0.3) is 0 Å². The van der Waals surface area contributed by atoms with Crippen molar-refractivity contribution in [2.45, 2.75) is 125 Å². The van der Waals surface area contributed by atoms with Gasteiger partial charge in [0.15, 0.2) is 17.9 Å². The Morgan fingerprint density at radius 2 is 1.80 bits per heavy atom. The van der Waals surface area contributed by atoms with Crippen LogP contribution in [0.25, 0.3) is 0 Å². The van der Waals surface area contributed by atoms with Crippen molar-refractivity contribution in [3.05, 3.63) is 34.4 Å². The highest BCUT2D eigenvalue weighted by Crippen LogP contribution is 2.78. The number of epoxide rings is 1. The first-order valence-corrected chi connectivity index (χ1v) is 14.8. The standard InChI is InChI=1S/C30H36O10/c1-13-8-17-22-25(36-13)37-18-9-15-10-19-30(39-19)23(26(15,2)12-28(18,38-17)40-22)21(32)24(33)27(3)16(6-7-29(27,30)34)14-4-5-20(31)35-11-14/h4-5,11,13,15-19,21-23,25,32,34H,6-10,12H2,1-3H3/t13-,15+,16+,17-,18+,19-,21-,22-,23+,25-,26-,27-,28-,29+,30-/m0/s1. The maximum Gasteiger partial charge on any atom is 0.335 e. The lowest BCUT2D eigenvalue weighted by molar-refractivity contribution is -0.375. The molecular formula is C30H36O10. The van der Waals surface area contributed by atoms with Crippen LogP contribution < -0.4 is 5.63 Å². The largest absolute Gasteiger partial charge is 0.431 e. The second-order valence-electron chi connectivity index (χ2n) is 14.3. The molecule has 8 fully saturated rings. The molecule has 0 unspecified atom stereocenters. The zero-order valence-electron chi connectivity index (χ0n) is 22.9. The first kappa shape index (κ1) is 24.9. The van der Waals surface area contributed by atoms with E-state index in [0.717, 1.165) is 6.42 Å². The van der Waals surface area contributed by atoms with Crippen LogP contribution >= 0.6 is 0 Å². The zero-order chi connectivity index (χ0) is 27.6. The van der Waals surface area contributed by atoms with Crippen molar-refractivity contribution in [2.75, 3.05) is 0 Å². The van der Waals surface area contributed by atoms with Crippen molar-refractivity contribution < 1.29 is 43.1 Å². The minimum Gasteiger partial charge on any atom is -0.431 e. The number of aliphatic hydroxyl groups is 2. The van der Waals surface area contributed by atoms with Gasteiger partial charge >= 0.3 is 5.63 Å². The van der Waals surface area contributed by atoms with E-state index in [1.807, 2.05) is 6.92 Å². The molecule has 0 amide bonds.